The fourth-order valence-corrected chi connectivity index (χ4v) is 2.90. The van der Waals surface area contributed by atoms with Crippen LogP contribution in [0.25, 0.3) is 20.8 Å². The summed E-state index contributed by atoms with van der Waals surface area (Å²) in [7, 11) is 0. The van der Waals surface area contributed by atoms with Crippen LogP contribution in [0.15, 0.2) is 36.5 Å². The Hall–Kier alpha value is -2.05. The molecule has 0 aliphatic rings. The summed E-state index contributed by atoms with van der Waals surface area (Å²) in [5, 5.41) is 11.7. The van der Waals surface area contributed by atoms with Gasteiger partial charge in [-0.05, 0) is 18.2 Å². The average molecular weight is 292 g/mol. The van der Waals surface area contributed by atoms with Gasteiger partial charge in [-0.1, -0.05) is 11.6 Å². The van der Waals surface area contributed by atoms with Crippen LogP contribution in [0.3, 0.4) is 0 Å². The number of rotatable bonds is 2. The molecule has 94 valence electrons. The molecule has 0 spiro atoms. The highest BCUT2D eigenvalue weighted by Crippen LogP contribution is 2.33. The number of pyridine rings is 1. The minimum atomic E-state index is -0.428. The molecule has 0 saturated carbocycles. The maximum Gasteiger partial charge on any atom is 0.269 e. The van der Waals surface area contributed by atoms with E-state index in [0.29, 0.717) is 10.7 Å². The molecule has 0 amide bonds. The van der Waals surface area contributed by atoms with E-state index in [0.717, 1.165) is 15.3 Å². The summed E-state index contributed by atoms with van der Waals surface area (Å²) in [6.07, 6.45) is 1.63. The van der Waals surface area contributed by atoms with Gasteiger partial charge in [0.1, 0.15) is 10.5 Å². The summed E-state index contributed by atoms with van der Waals surface area (Å²) in [6.45, 7) is 0. The molecule has 3 aromatic rings. The highest BCUT2D eigenvalue weighted by atomic mass is 35.5. The van der Waals surface area contributed by atoms with E-state index in [-0.39, 0.29) is 5.69 Å². The Kier molecular flexibility index (Phi) is 2.88. The Morgan fingerprint density at radius 2 is 1.95 bits per heavy atom. The quantitative estimate of drug-likeness (QED) is 0.408. The number of nitro groups is 1. The summed E-state index contributed by atoms with van der Waals surface area (Å²) in [6, 6.07) is 8.12. The lowest BCUT2D eigenvalue weighted by molar-refractivity contribution is -0.384. The Labute approximate surface area is 116 Å². The third kappa shape index (κ3) is 2.16. The van der Waals surface area contributed by atoms with Gasteiger partial charge in [0, 0.05) is 23.9 Å². The predicted molar refractivity (Wildman–Crippen MR) is 74.5 cm³/mol. The fourth-order valence-electron chi connectivity index (χ4n) is 1.67. The van der Waals surface area contributed by atoms with Gasteiger partial charge in [-0.3, -0.25) is 10.1 Å². The summed E-state index contributed by atoms with van der Waals surface area (Å²) < 4.78 is 0.938. The van der Waals surface area contributed by atoms with Crippen molar-refractivity contribution < 1.29 is 4.92 Å². The molecule has 0 radical (unpaired) electrons. The molecule has 0 aliphatic heterocycles. The van der Waals surface area contributed by atoms with Gasteiger partial charge in [-0.2, -0.15) is 0 Å². The lowest BCUT2D eigenvalue weighted by Crippen LogP contribution is -1.86. The van der Waals surface area contributed by atoms with Crippen LogP contribution in [-0.2, 0) is 0 Å². The van der Waals surface area contributed by atoms with E-state index in [1.165, 1.54) is 23.5 Å². The molecule has 19 heavy (non-hydrogen) atoms. The van der Waals surface area contributed by atoms with E-state index in [1.807, 2.05) is 6.07 Å². The molecule has 0 saturated heterocycles. The largest absolute Gasteiger partial charge is 0.269 e. The second kappa shape index (κ2) is 4.56. The maximum atomic E-state index is 10.6. The second-order valence-electron chi connectivity index (χ2n) is 3.77. The predicted octanol–water partition coefficient (Wildman–Crippen LogP) is 3.92. The highest BCUT2D eigenvalue weighted by molar-refractivity contribution is 7.21. The Bertz CT molecular complexity index is 770. The number of non-ortho nitro benzene ring substituents is 1. The van der Waals surface area contributed by atoms with Crippen LogP contribution in [-0.4, -0.2) is 14.9 Å². The van der Waals surface area contributed by atoms with E-state index in [9.17, 15) is 10.1 Å². The van der Waals surface area contributed by atoms with Gasteiger partial charge in [0.2, 0.25) is 0 Å². The van der Waals surface area contributed by atoms with Crippen molar-refractivity contribution in [2.75, 3.05) is 0 Å². The van der Waals surface area contributed by atoms with Crippen LogP contribution in [0.2, 0.25) is 5.15 Å². The summed E-state index contributed by atoms with van der Waals surface area (Å²) in [5.41, 5.74) is 1.54. The monoisotopic (exact) mass is 291 g/mol. The van der Waals surface area contributed by atoms with Crippen molar-refractivity contribution in [1.29, 1.82) is 0 Å². The number of benzene rings is 1. The minimum absolute atomic E-state index is 0.0598. The van der Waals surface area contributed by atoms with E-state index < -0.39 is 4.92 Å². The van der Waals surface area contributed by atoms with Crippen LogP contribution in [0.4, 0.5) is 5.69 Å². The molecule has 1 aromatic carbocycles. The highest BCUT2D eigenvalue weighted by Gasteiger charge is 2.11. The van der Waals surface area contributed by atoms with Gasteiger partial charge in [-0.15, -0.1) is 11.3 Å². The average Bonchev–Trinajstić information content (AvgIpc) is 2.84. The molecule has 2 heterocycles. The first kappa shape index (κ1) is 12.0. The third-order valence-electron chi connectivity index (χ3n) is 2.59. The first-order valence-electron chi connectivity index (χ1n) is 5.31. The van der Waals surface area contributed by atoms with Crippen LogP contribution in [0.5, 0.6) is 0 Å². The van der Waals surface area contributed by atoms with Crippen molar-refractivity contribution in [2.45, 2.75) is 0 Å². The fraction of sp³-hybridized carbons (Fsp3) is 0. The zero-order valence-corrected chi connectivity index (χ0v) is 11.0. The zero-order valence-electron chi connectivity index (χ0n) is 9.41. The van der Waals surface area contributed by atoms with Crippen LogP contribution < -0.4 is 0 Å². The molecular weight excluding hydrogens is 286 g/mol. The number of hydrogen-bond donors (Lipinski definition) is 0. The zero-order chi connectivity index (χ0) is 13.4. The van der Waals surface area contributed by atoms with Crippen molar-refractivity contribution in [3.8, 4) is 10.6 Å². The molecule has 0 unspecified atom stereocenters. The standard InChI is InChI=1S/C12H6ClN3O2S/c13-11-10-9(5-6-14-11)19-12(15-10)7-1-3-8(4-2-7)16(17)18/h1-6H. The van der Waals surface area contributed by atoms with Crippen molar-refractivity contribution in [1.82, 2.24) is 9.97 Å². The maximum absolute atomic E-state index is 10.6. The van der Waals surface area contributed by atoms with E-state index >= 15 is 0 Å². The lowest BCUT2D eigenvalue weighted by atomic mass is 10.2. The van der Waals surface area contributed by atoms with Crippen LogP contribution >= 0.6 is 22.9 Å². The normalized spacial score (nSPS) is 10.8. The van der Waals surface area contributed by atoms with Gasteiger partial charge in [-0.25, -0.2) is 9.97 Å². The molecule has 7 heteroatoms. The Morgan fingerprint density at radius 1 is 1.21 bits per heavy atom. The molecule has 0 N–H and O–H groups in total. The molecule has 0 bridgehead atoms. The minimum Gasteiger partial charge on any atom is -0.258 e. The topological polar surface area (TPSA) is 68.9 Å². The van der Waals surface area contributed by atoms with Crippen molar-refractivity contribution >= 4 is 38.8 Å². The molecule has 0 fully saturated rings. The number of thiazole rings is 1. The van der Waals surface area contributed by atoms with E-state index in [2.05, 4.69) is 9.97 Å². The summed E-state index contributed by atoms with van der Waals surface area (Å²) >= 11 is 7.44. The first-order valence-corrected chi connectivity index (χ1v) is 6.50. The Morgan fingerprint density at radius 3 is 2.58 bits per heavy atom. The third-order valence-corrected chi connectivity index (χ3v) is 3.93. The van der Waals surface area contributed by atoms with Gasteiger partial charge < -0.3 is 0 Å². The second-order valence-corrected chi connectivity index (χ2v) is 5.16. The van der Waals surface area contributed by atoms with Gasteiger partial charge in [0.25, 0.3) is 5.69 Å². The molecule has 0 atom stereocenters. The number of nitrogens with zero attached hydrogens (tertiary/aromatic N) is 3. The summed E-state index contributed by atoms with van der Waals surface area (Å²) in [4.78, 5) is 18.6. The van der Waals surface area contributed by atoms with Crippen molar-refractivity contribution in [3.05, 3.63) is 51.8 Å². The van der Waals surface area contributed by atoms with E-state index in [4.69, 9.17) is 11.6 Å². The van der Waals surface area contributed by atoms with Gasteiger partial charge in [0.05, 0.1) is 9.62 Å². The molecule has 3 rings (SSSR count). The number of nitro benzene ring substituents is 1. The number of hydrogen-bond acceptors (Lipinski definition) is 5. The van der Waals surface area contributed by atoms with Gasteiger partial charge >= 0.3 is 0 Å². The lowest BCUT2D eigenvalue weighted by Gasteiger charge is -1.95. The van der Waals surface area contributed by atoms with Gasteiger partial charge in [0.15, 0.2) is 5.15 Å². The van der Waals surface area contributed by atoms with Crippen molar-refractivity contribution in [2.24, 2.45) is 0 Å². The first-order chi connectivity index (χ1) is 9.15. The number of fused-ring (bicyclic) bond motifs is 1. The Balaban J connectivity index is 2.09. The van der Waals surface area contributed by atoms with E-state index in [1.54, 1.807) is 18.3 Å². The van der Waals surface area contributed by atoms with Crippen LogP contribution in [0, 0.1) is 10.1 Å². The summed E-state index contributed by atoms with van der Waals surface area (Å²) in [5.74, 6) is 0. The molecule has 0 aliphatic carbocycles. The van der Waals surface area contributed by atoms with Crippen LogP contribution in [0.1, 0.15) is 0 Å². The SMILES string of the molecule is O=[N+]([O-])c1ccc(-c2nc3c(Cl)nccc3s2)cc1. The molecule has 2 aromatic heterocycles. The smallest absolute Gasteiger partial charge is 0.258 e. The molecular formula is C12H6ClN3O2S. The number of aromatic nitrogens is 2. The molecule has 5 nitrogen and oxygen atoms in total. The number of halogens is 1. The van der Waals surface area contributed by atoms with Crippen molar-refractivity contribution in [3.63, 3.8) is 0 Å².